The first-order chi connectivity index (χ1) is 9.76. The van der Waals surface area contributed by atoms with Crippen LogP contribution < -0.4 is 10.5 Å². The average Bonchev–Trinajstić information content (AvgIpc) is 3.10. The predicted molar refractivity (Wildman–Crippen MR) is 78.9 cm³/mol. The molecule has 0 amide bonds. The molecular weight excluding hydrogens is 252 g/mol. The SMILES string of the molecule is COc1ccc2nc(N)n(C3CCN(C4CC4)C3)c2c1. The van der Waals surface area contributed by atoms with Gasteiger partial charge in [-0.05, 0) is 31.4 Å². The second-order valence-electron chi connectivity index (χ2n) is 5.86. The number of aromatic nitrogens is 2. The van der Waals surface area contributed by atoms with Crippen molar-refractivity contribution in [2.24, 2.45) is 0 Å². The Morgan fingerprint density at radius 1 is 1.25 bits per heavy atom. The van der Waals surface area contributed by atoms with Gasteiger partial charge < -0.3 is 15.0 Å². The molecule has 1 aliphatic carbocycles. The van der Waals surface area contributed by atoms with E-state index in [1.165, 1.54) is 19.4 Å². The van der Waals surface area contributed by atoms with Gasteiger partial charge >= 0.3 is 0 Å². The summed E-state index contributed by atoms with van der Waals surface area (Å²) >= 11 is 0. The Labute approximate surface area is 118 Å². The Morgan fingerprint density at radius 3 is 2.85 bits per heavy atom. The summed E-state index contributed by atoms with van der Waals surface area (Å²) in [4.78, 5) is 7.08. The van der Waals surface area contributed by atoms with Crippen LogP contribution in [0.2, 0.25) is 0 Å². The number of hydrogen-bond donors (Lipinski definition) is 1. The van der Waals surface area contributed by atoms with E-state index < -0.39 is 0 Å². The number of fused-ring (bicyclic) bond motifs is 1. The van der Waals surface area contributed by atoms with Crippen LogP contribution in [0.3, 0.4) is 0 Å². The van der Waals surface area contributed by atoms with Crippen LogP contribution >= 0.6 is 0 Å². The van der Waals surface area contributed by atoms with E-state index in [1.807, 2.05) is 18.2 Å². The smallest absolute Gasteiger partial charge is 0.201 e. The van der Waals surface area contributed by atoms with Gasteiger partial charge in [0.25, 0.3) is 0 Å². The quantitative estimate of drug-likeness (QED) is 0.929. The molecule has 1 saturated heterocycles. The molecule has 5 heteroatoms. The van der Waals surface area contributed by atoms with Gasteiger partial charge in [0.15, 0.2) is 0 Å². The predicted octanol–water partition coefficient (Wildman–Crippen LogP) is 2.04. The van der Waals surface area contributed by atoms with Gasteiger partial charge in [0, 0.05) is 25.2 Å². The number of nitrogens with zero attached hydrogens (tertiary/aromatic N) is 3. The first-order valence-corrected chi connectivity index (χ1v) is 7.32. The number of imidazole rings is 1. The summed E-state index contributed by atoms with van der Waals surface area (Å²) in [6.45, 7) is 2.27. The van der Waals surface area contributed by atoms with Crippen LogP contribution in [0.25, 0.3) is 11.0 Å². The molecule has 2 N–H and O–H groups in total. The molecule has 106 valence electrons. The molecule has 1 saturated carbocycles. The van der Waals surface area contributed by atoms with Crippen LogP contribution in [0.1, 0.15) is 25.3 Å². The highest BCUT2D eigenvalue weighted by molar-refractivity contribution is 5.80. The van der Waals surface area contributed by atoms with E-state index in [9.17, 15) is 0 Å². The van der Waals surface area contributed by atoms with Gasteiger partial charge in [-0.3, -0.25) is 4.90 Å². The van der Waals surface area contributed by atoms with E-state index in [-0.39, 0.29) is 0 Å². The minimum absolute atomic E-state index is 0.438. The fourth-order valence-corrected chi connectivity index (χ4v) is 3.35. The summed E-state index contributed by atoms with van der Waals surface area (Å²) in [5, 5.41) is 0. The van der Waals surface area contributed by atoms with Crippen molar-refractivity contribution in [3.05, 3.63) is 18.2 Å². The molecule has 4 rings (SSSR count). The fraction of sp³-hybridized carbons (Fsp3) is 0.533. The summed E-state index contributed by atoms with van der Waals surface area (Å²) in [6, 6.07) is 7.22. The molecule has 1 atom stereocenters. The zero-order chi connectivity index (χ0) is 13.7. The topological polar surface area (TPSA) is 56.3 Å². The second kappa shape index (κ2) is 4.38. The molecular formula is C15H20N4O. The van der Waals surface area contributed by atoms with E-state index >= 15 is 0 Å². The summed E-state index contributed by atoms with van der Waals surface area (Å²) in [5.74, 6) is 1.48. The molecule has 2 aromatic rings. The van der Waals surface area contributed by atoms with Gasteiger partial charge in [-0.1, -0.05) is 0 Å². The van der Waals surface area contributed by atoms with Crippen molar-refractivity contribution in [2.75, 3.05) is 25.9 Å². The van der Waals surface area contributed by atoms with Crippen molar-refractivity contribution in [3.8, 4) is 5.75 Å². The fourth-order valence-electron chi connectivity index (χ4n) is 3.35. The normalized spacial score (nSPS) is 23.6. The lowest BCUT2D eigenvalue weighted by Crippen LogP contribution is -2.24. The van der Waals surface area contributed by atoms with E-state index in [4.69, 9.17) is 10.5 Å². The van der Waals surface area contributed by atoms with Gasteiger partial charge in [0.2, 0.25) is 5.95 Å². The van der Waals surface area contributed by atoms with Crippen molar-refractivity contribution in [3.63, 3.8) is 0 Å². The van der Waals surface area contributed by atoms with Crippen molar-refractivity contribution < 1.29 is 4.74 Å². The van der Waals surface area contributed by atoms with Gasteiger partial charge in [-0.15, -0.1) is 0 Å². The number of nitrogen functional groups attached to an aromatic ring is 1. The second-order valence-corrected chi connectivity index (χ2v) is 5.86. The third kappa shape index (κ3) is 1.85. The van der Waals surface area contributed by atoms with Crippen LogP contribution in [0, 0.1) is 0 Å². The lowest BCUT2D eigenvalue weighted by Gasteiger charge is -2.17. The third-order valence-corrected chi connectivity index (χ3v) is 4.55. The lowest BCUT2D eigenvalue weighted by atomic mass is 10.2. The minimum Gasteiger partial charge on any atom is -0.497 e. The highest BCUT2D eigenvalue weighted by atomic mass is 16.5. The Bertz CT molecular complexity index is 647. The number of hydrogen-bond acceptors (Lipinski definition) is 4. The van der Waals surface area contributed by atoms with E-state index in [0.29, 0.717) is 12.0 Å². The molecule has 1 aromatic carbocycles. The van der Waals surface area contributed by atoms with Crippen LogP contribution in [0.4, 0.5) is 5.95 Å². The van der Waals surface area contributed by atoms with E-state index in [1.54, 1.807) is 7.11 Å². The van der Waals surface area contributed by atoms with Crippen LogP contribution in [-0.2, 0) is 0 Å². The van der Waals surface area contributed by atoms with Gasteiger partial charge in [0.05, 0.1) is 24.2 Å². The number of rotatable bonds is 3. The summed E-state index contributed by atoms with van der Waals surface area (Å²) in [7, 11) is 1.69. The van der Waals surface area contributed by atoms with E-state index in [0.717, 1.165) is 35.8 Å². The monoisotopic (exact) mass is 272 g/mol. The molecule has 2 aliphatic rings. The number of ether oxygens (including phenoxy) is 1. The molecule has 0 bridgehead atoms. The highest BCUT2D eigenvalue weighted by Crippen LogP contribution is 2.36. The van der Waals surface area contributed by atoms with Crippen LogP contribution in [-0.4, -0.2) is 40.7 Å². The molecule has 1 aromatic heterocycles. The largest absolute Gasteiger partial charge is 0.497 e. The number of benzene rings is 1. The standard InChI is InChI=1S/C15H20N4O/c1-20-12-4-5-13-14(8-12)19(15(16)17-13)11-6-7-18(9-11)10-2-3-10/h4-5,8,10-11H,2-3,6-7,9H2,1H3,(H2,16,17). The van der Waals surface area contributed by atoms with Crippen molar-refractivity contribution in [1.29, 1.82) is 0 Å². The van der Waals surface area contributed by atoms with Crippen molar-refractivity contribution in [1.82, 2.24) is 14.5 Å². The Kier molecular flexibility index (Phi) is 2.63. The van der Waals surface area contributed by atoms with Gasteiger partial charge in [0.1, 0.15) is 5.75 Å². The average molecular weight is 272 g/mol. The number of methoxy groups -OCH3 is 1. The first kappa shape index (κ1) is 12.0. The van der Waals surface area contributed by atoms with Crippen molar-refractivity contribution in [2.45, 2.75) is 31.3 Å². The van der Waals surface area contributed by atoms with Crippen molar-refractivity contribution >= 4 is 17.0 Å². The van der Waals surface area contributed by atoms with Gasteiger partial charge in [-0.25, -0.2) is 4.98 Å². The highest BCUT2D eigenvalue weighted by Gasteiger charge is 2.35. The molecule has 0 spiro atoms. The molecule has 1 unspecified atom stereocenters. The van der Waals surface area contributed by atoms with Crippen LogP contribution in [0.5, 0.6) is 5.75 Å². The maximum absolute atomic E-state index is 6.15. The number of anilines is 1. The molecule has 5 nitrogen and oxygen atoms in total. The lowest BCUT2D eigenvalue weighted by molar-refractivity contribution is 0.315. The molecule has 20 heavy (non-hydrogen) atoms. The van der Waals surface area contributed by atoms with Gasteiger partial charge in [-0.2, -0.15) is 0 Å². The maximum Gasteiger partial charge on any atom is 0.201 e. The summed E-state index contributed by atoms with van der Waals surface area (Å²) < 4.78 is 7.52. The third-order valence-electron chi connectivity index (χ3n) is 4.55. The molecule has 0 radical (unpaired) electrons. The maximum atomic E-state index is 6.15. The Balaban J connectivity index is 1.72. The number of likely N-dealkylation sites (tertiary alicyclic amines) is 1. The van der Waals surface area contributed by atoms with Crippen LogP contribution in [0.15, 0.2) is 18.2 Å². The number of nitrogens with two attached hydrogens (primary N) is 1. The molecule has 2 fully saturated rings. The minimum atomic E-state index is 0.438. The Hall–Kier alpha value is -1.75. The Morgan fingerprint density at radius 2 is 2.10 bits per heavy atom. The zero-order valence-corrected chi connectivity index (χ0v) is 11.7. The summed E-state index contributed by atoms with van der Waals surface area (Å²) in [6.07, 6.45) is 3.88. The molecule has 1 aliphatic heterocycles. The summed E-state index contributed by atoms with van der Waals surface area (Å²) in [5.41, 5.74) is 8.19. The molecule has 2 heterocycles. The zero-order valence-electron chi connectivity index (χ0n) is 11.7. The van der Waals surface area contributed by atoms with E-state index in [2.05, 4.69) is 14.5 Å². The first-order valence-electron chi connectivity index (χ1n) is 7.32.